The number of nitrogens with zero attached hydrogens (tertiary/aromatic N) is 3. The van der Waals surface area contributed by atoms with Crippen LogP contribution in [0, 0.1) is 6.92 Å². The second-order valence-electron chi connectivity index (χ2n) is 5.22. The van der Waals surface area contributed by atoms with Crippen LogP contribution in [0.15, 0.2) is 36.9 Å². The van der Waals surface area contributed by atoms with E-state index in [2.05, 4.69) is 51.6 Å². The monoisotopic (exact) mass is 284 g/mol. The molecule has 1 aromatic carbocycles. The summed E-state index contributed by atoms with van der Waals surface area (Å²) in [6.45, 7) is 7.42. The first kappa shape index (κ1) is 15.3. The smallest absolute Gasteiger partial charge is 0.104 e. The van der Waals surface area contributed by atoms with E-state index >= 15 is 0 Å². The van der Waals surface area contributed by atoms with Crippen molar-refractivity contribution < 1.29 is 0 Å². The molecule has 0 spiro atoms. The van der Waals surface area contributed by atoms with E-state index in [4.69, 9.17) is 0 Å². The number of fused-ring (bicyclic) bond motifs is 1. The number of aromatic amines is 1. The zero-order valence-electron chi connectivity index (χ0n) is 13.1. The van der Waals surface area contributed by atoms with Crippen LogP contribution in [0.5, 0.6) is 0 Å². The van der Waals surface area contributed by atoms with Gasteiger partial charge in [0.15, 0.2) is 0 Å². The number of nitrogens with one attached hydrogen (secondary N) is 1. The maximum atomic E-state index is 4.36. The third kappa shape index (κ3) is 4.45. The summed E-state index contributed by atoms with van der Waals surface area (Å²) < 4.78 is 2.07. The molecule has 4 nitrogen and oxygen atoms in total. The van der Waals surface area contributed by atoms with E-state index in [1.54, 1.807) is 6.20 Å². The second kappa shape index (κ2) is 7.62. The SMILES string of the molecule is CCCc1ccc2nc(C)[nH]c2c1.CCCn1ccnc1. The third-order valence-corrected chi connectivity index (χ3v) is 3.24. The van der Waals surface area contributed by atoms with E-state index in [0.717, 1.165) is 29.8 Å². The predicted octanol–water partition coefficient (Wildman–Crippen LogP) is 4.12. The Bertz CT molecular complexity index is 653. The van der Waals surface area contributed by atoms with Gasteiger partial charge >= 0.3 is 0 Å². The number of hydrogen-bond donors (Lipinski definition) is 1. The highest BCUT2D eigenvalue weighted by molar-refractivity contribution is 5.75. The molecule has 0 saturated heterocycles. The quantitative estimate of drug-likeness (QED) is 0.783. The minimum Gasteiger partial charge on any atom is -0.342 e. The molecule has 3 rings (SSSR count). The Morgan fingerprint density at radius 1 is 1.19 bits per heavy atom. The summed E-state index contributed by atoms with van der Waals surface area (Å²) in [5.41, 5.74) is 3.61. The molecule has 0 saturated carbocycles. The lowest BCUT2D eigenvalue weighted by atomic mass is 10.1. The van der Waals surface area contributed by atoms with Crippen molar-refractivity contribution in [2.24, 2.45) is 0 Å². The van der Waals surface area contributed by atoms with Crippen molar-refractivity contribution in [1.29, 1.82) is 0 Å². The molecule has 0 radical (unpaired) electrons. The van der Waals surface area contributed by atoms with Crippen LogP contribution in [-0.2, 0) is 13.0 Å². The second-order valence-corrected chi connectivity index (χ2v) is 5.22. The summed E-state index contributed by atoms with van der Waals surface area (Å²) in [6.07, 6.45) is 9.13. The molecule has 21 heavy (non-hydrogen) atoms. The molecule has 0 bridgehead atoms. The first-order valence-electron chi connectivity index (χ1n) is 7.64. The molecular weight excluding hydrogens is 260 g/mol. The van der Waals surface area contributed by atoms with Crippen LogP contribution in [0.2, 0.25) is 0 Å². The minimum atomic E-state index is 0.989. The highest BCUT2D eigenvalue weighted by Gasteiger charge is 1.99. The van der Waals surface area contributed by atoms with E-state index in [1.807, 2.05) is 19.4 Å². The van der Waals surface area contributed by atoms with Crippen molar-refractivity contribution in [2.45, 2.75) is 46.6 Å². The number of benzene rings is 1. The Hall–Kier alpha value is -2.10. The summed E-state index contributed by atoms with van der Waals surface area (Å²) in [4.78, 5) is 11.5. The van der Waals surface area contributed by atoms with E-state index in [9.17, 15) is 0 Å². The van der Waals surface area contributed by atoms with Gasteiger partial charge in [-0.1, -0.05) is 26.3 Å². The number of imidazole rings is 2. The Kier molecular flexibility index (Phi) is 5.55. The predicted molar refractivity (Wildman–Crippen MR) is 87.3 cm³/mol. The average Bonchev–Trinajstić information content (AvgIpc) is 3.08. The fourth-order valence-corrected chi connectivity index (χ4v) is 2.31. The van der Waals surface area contributed by atoms with Gasteiger partial charge in [0.1, 0.15) is 5.82 Å². The van der Waals surface area contributed by atoms with E-state index in [1.165, 1.54) is 18.4 Å². The standard InChI is InChI=1S/C11H14N2.C6H10N2/c1-3-4-9-5-6-10-11(7-9)13-8(2)12-10;1-2-4-8-5-3-7-6-8/h5-7H,3-4H2,1-2H3,(H,12,13);3,5-6H,2,4H2,1H3. The van der Waals surface area contributed by atoms with Crippen LogP contribution >= 0.6 is 0 Å². The molecule has 0 amide bonds. The summed E-state index contributed by atoms with van der Waals surface area (Å²) in [6, 6.07) is 6.44. The zero-order chi connectivity index (χ0) is 15.1. The molecule has 2 heterocycles. The van der Waals surface area contributed by atoms with Crippen LogP contribution in [-0.4, -0.2) is 19.5 Å². The van der Waals surface area contributed by atoms with E-state index in [-0.39, 0.29) is 0 Å². The number of hydrogen-bond acceptors (Lipinski definition) is 2. The number of rotatable bonds is 4. The zero-order valence-corrected chi connectivity index (χ0v) is 13.1. The van der Waals surface area contributed by atoms with Gasteiger partial charge < -0.3 is 9.55 Å². The van der Waals surface area contributed by atoms with Crippen LogP contribution in [0.1, 0.15) is 38.1 Å². The molecule has 4 heteroatoms. The van der Waals surface area contributed by atoms with Gasteiger partial charge in [-0.25, -0.2) is 9.97 Å². The Balaban J connectivity index is 0.000000173. The average molecular weight is 284 g/mol. The van der Waals surface area contributed by atoms with Crippen molar-refractivity contribution in [2.75, 3.05) is 0 Å². The number of aromatic nitrogens is 4. The van der Waals surface area contributed by atoms with Gasteiger partial charge in [-0.05, 0) is 37.5 Å². The van der Waals surface area contributed by atoms with Gasteiger partial charge in [0.25, 0.3) is 0 Å². The Labute approximate surface area is 126 Å². The highest BCUT2D eigenvalue weighted by Crippen LogP contribution is 2.14. The van der Waals surface area contributed by atoms with Gasteiger partial charge in [0.05, 0.1) is 17.4 Å². The van der Waals surface area contributed by atoms with Crippen LogP contribution in [0.25, 0.3) is 11.0 Å². The largest absolute Gasteiger partial charge is 0.342 e. The fraction of sp³-hybridized carbons (Fsp3) is 0.412. The molecule has 0 aliphatic rings. The molecule has 1 N–H and O–H groups in total. The van der Waals surface area contributed by atoms with Gasteiger partial charge in [-0.2, -0.15) is 0 Å². The molecule has 0 fully saturated rings. The molecule has 0 atom stereocenters. The van der Waals surface area contributed by atoms with E-state index < -0.39 is 0 Å². The summed E-state index contributed by atoms with van der Waals surface area (Å²) in [5, 5.41) is 0. The molecule has 0 unspecified atom stereocenters. The lowest BCUT2D eigenvalue weighted by Crippen LogP contribution is -1.90. The first-order chi connectivity index (χ1) is 10.2. The Morgan fingerprint density at radius 3 is 2.71 bits per heavy atom. The molecule has 2 aromatic heterocycles. The molecule has 3 aromatic rings. The van der Waals surface area contributed by atoms with Crippen LogP contribution < -0.4 is 0 Å². The summed E-state index contributed by atoms with van der Waals surface area (Å²) in [5.74, 6) is 0.989. The molecular formula is C17H24N4. The van der Waals surface area contributed by atoms with Crippen LogP contribution in [0.3, 0.4) is 0 Å². The van der Waals surface area contributed by atoms with Gasteiger partial charge in [0, 0.05) is 18.9 Å². The molecule has 0 aliphatic heterocycles. The number of aryl methyl sites for hydroxylation is 3. The first-order valence-corrected chi connectivity index (χ1v) is 7.64. The normalized spacial score (nSPS) is 10.4. The van der Waals surface area contributed by atoms with E-state index in [0.29, 0.717) is 0 Å². The molecule has 0 aliphatic carbocycles. The van der Waals surface area contributed by atoms with Gasteiger partial charge in [-0.3, -0.25) is 0 Å². The third-order valence-electron chi connectivity index (χ3n) is 3.24. The van der Waals surface area contributed by atoms with Gasteiger partial charge in [-0.15, -0.1) is 0 Å². The van der Waals surface area contributed by atoms with Crippen molar-refractivity contribution in [3.8, 4) is 0 Å². The van der Waals surface area contributed by atoms with Crippen LogP contribution in [0.4, 0.5) is 0 Å². The highest BCUT2D eigenvalue weighted by atomic mass is 15.0. The number of H-pyrrole nitrogens is 1. The maximum absolute atomic E-state index is 4.36. The Morgan fingerprint density at radius 2 is 2.05 bits per heavy atom. The summed E-state index contributed by atoms with van der Waals surface area (Å²) in [7, 11) is 0. The maximum Gasteiger partial charge on any atom is 0.104 e. The lowest BCUT2D eigenvalue weighted by molar-refractivity contribution is 0.678. The topological polar surface area (TPSA) is 46.5 Å². The summed E-state index contributed by atoms with van der Waals surface area (Å²) >= 11 is 0. The lowest BCUT2D eigenvalue weighted by Gasteiger charge is -1.96. The fourth-order valence-electron chi connectivity index (χ4n) is 2.31. The van der Waals surface area contributed by atoms with Crippen molar-refractivity contribution in [3.05, 3.63) is 48.3 Å². The van der Waals surface area contributed by atoms with Crippen molar-refractivity contribution in [1.82, 2.24) is 19.5 Å². The van der Waals surface area contributed by atoms with Crippen molar-refractivity contribution in [3.63, 3.8) is 0 Å². The van der Waals surface area contributed by atoms with Crippen molar-refractivity contribution >= 4 is 11.0 Å². The molecule has 112 valence electrons. The van der Waals surface area contributed by atoms with Gasteiger partial charge in [0.2, 0.25) is 0 Å². The minimum absolute atomic E-state index is 0.989.